The topological polar surface area (TPSA) is 111 Å². The molecule has 1 N–H and O–H groups in total. The first-order chi connectivity index (χ1) is 13.3. The zero-order chi connectivity index (χ0) is 20.7. The van der Waals surface area contributed by atoms with E-state index in [1.807, 2.05) is 26.2 Å². The molecule has 0 radical (unpaired) electrons. The third kappa shape index (κ3) is 6.61. The minimum atomic E-state index is -0.788. The number of aryl methyl sites for hydroxylation is 1. The van der Waals surface area contributed by atoms with Gasteiger partial charge < -0.3 is 10.1 Å². The van der Waals surface area contributed by atoms with Gasteiger partial charge in [0.15, 0.2) is 10.9 Å². The number of nitro benzene ring substituents is 1. The largest absolute Gasteiger partial charge is 0.452 e. The third-order valence-corrected chi connectivity index (χ3v) is 5.69. The number of ether oxygens (including phenoxy) is 1. The summed E-state index contributed by atoms with van der Waals surface area (Å²) in [6.45, 7) is 5.99. The van der Waals surface area contributed by atoms with Crippen LogP contribution in [0.5, 0.6) is 0 Å². The van der Waals surface area contributed by atoms with Crippen LogP contribution in [-0.2, 0) is 9.53 Å². The maximum atomic E-state index is 12.1. The van der Waals surface area contributed by atoms with Crippen molar-refractivity contribution in [2.24, 2.45) is 5.92 Å². The van der Waals surface area contributed by atoms with E-state index in [1.165, 1.54) is 23.5 Å². The number of carbonyl (C=O) groups is 2. The molecule has 150 valence electrons. The Morgan fingerprint density at radius 1 is 1.39 bits per heavy atom. The van der Waals surface area contributed by atoms with Gasteiger partial charge in [0.25, 0.3) is 11.6 Å². The number of carbonyl (C=O) groups excluding carboxylic acids is 2. The van der Waals surface area contributed by atoms with Crippen LogP contribution < -0.4 is 5.32 Å². The van der Waals surface area contributed by atoms with E-state index in [0.717, 1.165) is 29.9 Å². The number of aromatic nitrogens is 1. The molecule has 0 unspecified atom stereocenters. The van der Waals surface area contributed by atoms with Crippen molar-refractivity contribution in [2.75, 3.05) is 13.2 Å². The Bertz CT molecular complexity index is 867. The van der Waals surface area contributed by atoms with Crippen molar-refractivity contribution in [1.29, 1.82) is 0 Å². The SMILES string of the molecule is Cc1csc(Sc2ccc(C(=O)OCC(=O)NCCC(C)C)cc2[N+](=O)[O-])n1. The molecule has 1 aromatic heterocycles. The van der Waals surface area contributed by atoms with Gasteiger partial charge in [-0.3, -0.25) is 14.9 Å². The molecule has 0 aliphatic carbocycles. The van der Waals surface area contributed by atoms with E-state index in [0.29, 0.717) is 21.7 Å². The van der Waals surface area contributed by atoms with E-state index in [1.54, 1.807) is 0 Å². The van der Waals surface area contributed by atoms with Crippen LogP contribution in [0.4, 0.5) is 5.69 Å². The molecule has 8 nitrogen and oxygen atoms in total. The highest BCUT2D eigenvalue weighted by molar-refractivity contribution is 8.01. The van der Waals surface area contributed by atoms with Gasteiger partial charge in [-0.05, 0) is 31.4 Å². The van der Waals surface area contributed by atoms with Gasteiger partial charge in [0.1, 0.15) is 0 Å². The van der Waals surface area contributed by atoms with Gasteiger partial charge in [0.2, 0.25) is 0 Å². The summed E-state index contributed by atoms with van der Waals surface area (Å²) in [4.78, 5) is 39.3. The molecule has 1 heterocycles. The lowest BCUT2D eigenvalue weighted by Crippen LogP contribution is -2.30. The summed E-state index contributed by atoms with van der Waals surface area (Å²) >= 11 is 2.55. The number of thiazole rings is 1. The molecule has 28 heavy (non-hydrogen) atoms. The molecular weight excluding hydrogens is 402 g/mol. The number of hydrogen-bond acceptors (Lipinski definition) is 8. The monoisotopic (exact) mass is 423 g/mol. The van der Waals surface area contributed by atoms with E-state index in [9.17, 15) is 19.7 Å². The number of esters is 1. The Morgan fingerprint density at radius 2 is 2.14 bits per heavy atom. The minimum Gasteiger partial charge on any atom is -0.452 e. The van der Waals surface area contributed by atoms with E-state index < -0.39 is 23.4 Å². The lowest BCUT2D eigenvalue weighted by atomic mass is 10.1. The molecule has 0 bridgehead atoms. The fourth-order valence-corrected chi connectivity index (χ4v) is 3.99. The normalized spacial score (nSPS) is 10.7. The molecule has 2 rings (SSSR count). The van der Waals surface area contributed by atoms with Gasteiger partial charge in [-0.1, -0.05) is 25.6 Å². The van der Waals surface area contributed by atoms with E-state index >= 15 is 0 Å². The summed E-state index contributed by atoms with van der Waals surface area (Å²) in [6, 6.07) is 4.08. The highest BCUT2D eigenvalue weighted by Gasteiger charge is 2.20. The lowest BCUT2D eigenvalue weighted by Gasteiger charge is -2.08. The summed E-state index contributed by atoms with van der Waals surface area (Å²) in [6.07, 6.45) is 0.823. The molecule has 0 saturated carbocycles. The smallest absolute Gasteiger partial charge is 0.338 e. The lowest BCUT2D eigenvalue weighted by molar-refractivity contribution is -0.387. The Hall–Kier alpha value is -2.46. The molecule has 0 spiro atoms. The molecule has 1 aromatic carbocycles. The molecule has 0 saturated heterocycles. The standard InChI is InChI=1S/C18H21N3O5S2/c1-11(2)6-7-19-16(22)9-26-17(23)13-4-5-15(14(8-13)21(24)25)28-18-20-12(3)10-27-18/h4-5,8,10-11H,6-7,9H2,1-3H3,(H,19,22). The number of nitro groups is 1. The number of nitrogens with zero attached hydrogens (tertiary/aromatic N) is 2. The van der Waals surface area contributed by atoms with E-state index in [4.69, 9.17) is 4.74 Å². The second-order valence-corrected chi connectivity index (χ2v) is 8.55. The second-order valence-electron chi connectivity index (χ2n) is 6.41. The Morgan fingerprint density at radius 3 is 2.75 bits per heavy atom. The van der Waals surface area contributed by atoms with Crippen molar-refractivity contribution in [3.05, 3.63) is 45.0 Å². The number of rotatable bonds is 9. The molecule has 0 aliphatic rings. The quantitative estimate of drug-likeness (QED) is 0.370. The first-order valence-electron chi connectivity index (χ1n) is 8.58. The molecule has 2 aromatic rings. The zero-order valence-electron chi connectivity index (χ0n) is 15.8. The van der Waals surface area contributed by atoms with Crippen molar-refractivity contribution in [3.8, 4) is 0 Å². The van der Waals surface area contributed by atoms with E-state index in [2.05, 4.69) is 10.3 Å². The molecular formula is C18H21N3O5S2. The Kier molecular flexibility index (Phi) is 7.94. The minimum absolute atomic E-state index is 0.0151. The van der Waals surface area contributed by atoms with Crippen molar-refractivity contribution in [1.82, 2.24) is 10.3 Å². The fraction of sp³-hybridized carbons (Fsp3) is 0.389. The zero-order valence-corrected chi connectivity index (χ0v) is 17.4. The summed E-state index contributed by atoms with van der Waals surface area (Å²) in [5, 5.41) is 15.9. The Labute approximate surface area is 170 Å². The summed E-state index contributed by atoms with van der Waals surface area (Å²) in [7, 11) is 0. The molecule has 0 atom stereocenters. The predicted molar refractivity (Wildman–Crippen MR) is 107 cm³/mol. The summed E-state index contributed by atoms with van der Waals surface area (Å²) in [5.74, 6) is -0.744. The van der Waals surface area contributed by atoms with Crippen molar-refractivity contribution >= 4 is 40.7 Å². The van der Waals surface area contributed by atoms with Crippen LogP contribution in [0, 0.1) is 23.0 Å². The van der Waals surface area contributed by atoms with Gasteiger partial charge in [-0.15, -0.1) is 11.3 Å². The predicted octanol–water partition coefficient (Wildman–Crippen LogP) is 3.83. The first kappa shape index (κ1) is 21.8. The van der Waals surface area contributed by atoms with Crippen molar-refractivity contribution in [2.45, 2.75) is 36.4 Å². The van der Waals surface area contributed by atoms with Gasteiger partial charge in [0.05, 0.1) is 15.4 Å². The number of hydrogen-bond donors (Lipinski definition) is 1. The number of benzene rings is 1. The van der Waals surface area contributed by atoms with Crippen LogP contribution in [0.15, 0.2) is 32.8 Å². The maximum absolute atomic E-state index is 12.1. The summed E-state index contributed by atoms with van der Waals surface area (Å²) < 4.78 is 5.63. The molecule has 1 amide bonds. The Balaban J connectivity index is 2.01. The second kappa shape index (κ2) is 10.2. The van der Waals surface area contributed by atoms with Crippen LogP contribution in [0.25, 0.3) is 0 Å². The van der Waals surface area contributed by atoms with Gasteiger partial charge in [0, 0.05) is 23.7 Å². The van der Waals surface area contributed by atoms with Gasteiger partial charge >= 0.3 is 5.97 Å². The molecule has 0 aliphatic heterocycles. The van der Waals surface area contributed by atoms with Crippen LogP contribution in [0.3, 0.4) is 0 Å². The molecule has 10 heteroatoms. The van der Waals surface area contributed by atoms with Crippen molar-refractivity contribution < 1.29 is 19.2 Å². The van der Waals surface area contributed by atoms with Crippen molar-refractivity contribution in [3.63, 3.8) is 0 Å². The average molecular weight is 424 g/mol. The number of amides is 1. The fourth-order valence-electron chi connectivity index (χ4n) is 2.11. The van der Waals surface area contributed by atoms with Gasteiger partial charge in [-0.2, -0.15) is 0 Å². The number of nitrogens with one attached hydrogen (secondary N) is 1. The first-order valence-corrected chi connectivity index (χ1v) is 10.3. The van der Waals surface area contributed by atoms with E-state index in [-0.39, 0.29) is 11.3 Å². The van der Waals surface area contributed by atoms with Crippen LogP contribution in [0.1, 0.15) is 36.3 Å². The molecule has 0 fully saturated rings. The van der Waals surface area contributed by atoms with Crippen LogP contribution in [0.2, 0.25) is 0 Å². The highest BCUT2D eigenvalue weighted by Crippen LogP contribution is 2.36. The highest BCUT2D eigenvalue weighted by atomic mass is 32.2. The summed E-state index contributed by atoms with van der Waals surface area (Å²) in [5.41, 5.74) is 0.636. The van der Waals surface area contributed by atoms with Gasteiger partial charge in [-0.25, -0.2) is 9.78 Å². The maximum Gasteiger partial charge on any atom is 0.338 e. The van der Waals surface area contributed by atoms with Crippen LogP contribution in [-0.4, -0.2) is 34.9 Å². The third-order valence-electron chi connectivity index (χ3n) is 3.56. The average Bonchev–Trinajstić information content (AvgIpc) is 3.04. The van der Waals surface area contributed by atoms with Crippen LogP contribution >= 0.6 is 23.1 Å².